The number of hydrogen-bond donors (Lipinski definition) is 0. The second kappa shape index (κ2) is 19.0. The van der Waals surface area contributed by atoms with Gasteiger partial charge in [0.05, 0.1) is 0 Å². The molecule has 0 aliphatic heterocycles. The Balaban J connectivity index is 3.73. The average molecular weight is 396 g/mol. The van der Waals surface area contributed by atoms with E-state index in [4.69, 9.17) is 0 Å². The monoisotopic (exact) mass is 395 g/mol. The minimum atomic E-state index is 0.913. The summed E-state index contributed by atoms with van der Waals surface area (Å²) in [5, 5.41) is 0. The van der Waals surface area contributed by atoms with Crippen LogP contribution in [0.15, 0.2) is 0 Å². The van der Waals surface area contributed by atoms with Crippen LogP contribution < -0.4 is 0 Å². The summed E-state index contributed by atoms with van der Waals surface area (Å²) in [7, 11) is 2.26. The molecule has 1 heteroatoms. The number of rotatable bonds is 20. The van der Waals surface area contributed by atoms with Crippen molar-refractivity contribution in [1.82, 2.24) is 4.90 Å². The van der Waals surface area contributed by atoms with E-state index in [2.05, 4.69) is 53.5 Å². The van der Waals surface area contributed by atoms with E-state index in [9.17, 15) is 0 Å². The van der Waals surface area contributed by atoms with Gasteiger partial charge in [-0.2, -0.15) is 0 Å². The van der Waals surface area contributed by atoms with Crippen molar-refractivity contribution in [2.24, 2.45) is 23.7 Å². The van der Waals surface area contributed by atoms with Gasteiger partial charge in [0.25, 0.3) is 0 Å². The molecule has 0 amide bonds. The summed E-state index contributed by atoms with van der Waals surface area (Å²) in [6, 6.07) is 0. The summed E-state index contributed by atoms with van der Waals surface area (Å²) in [6.45, 7) is 16.9. The Bertz CT molecular complexity index is 313. The first-order valence-electron chi connectivity index (χ1n) is 13.1. The van der Waals surface area contributed by atoms with Gasteiger partial charge in [0.1, 0.15) is 0 Å². The van der Waals surface area contributed by atoms with Crippen molar-refractivity contribution in [2.45, 2.75) is 131 Å². The molecular formula is C27H57N. The third-order valence-electron chi connectivity index (χ3n) is 7.31. The van der Waals surface area contributed by atoms with E-state index in [0.29, 0.717) is 0 Å². The van der Waals surface area contributed by atoms with Gasteiger partial charge in [0.15, 0.2) is 0 Å². The topological polar surface area (TPSA) is 3.24 Å². The maximum atomic E-state index is 2.49. The molecular weight excluding hydrogens is 338 g/mol. The second-order valence-corrected chi connectivity index (χ2v) is 10.1. The fourth-order valence-corrected chi connectivity index (χ4v) is 4.47. The van der Waals surface area contributed by atoms with E-state index < -0.39 is 0 Å². The zero-order valence-corrected chi connectivity index (χ0v) is 21.1. The lowest BCUT2D eigenvalue weighted by Gasteiger charge is -2.21. The molecule has 0 bridgehead atoms. The third-order valence-corrected chi connectivity index (χ3v) is 7.31. The summed E-state index contributed by atoms with van der Waals surface area (Å²) in [5.74, 6) is 3.73. The normalized spacial score (nSPS) is 16.3. The predicted molar refractivity (Wildman–Crippen MR) is 130 cm³/mol. The molecule has 0 aromatic carbocycles. The highest BCUT2D eigenvalue weighted by Gasteiger charge is 2.13. The molecule has 0 heterocycles. The van der Waals surface area contributed by atoms with Crippen LogP contribution in [0.3, 0.4) is 0 Å². The Labute approximate surface area is 180 Å². The van der Waals surface area contributed by atoms with E-state index in [1.807, 2.05) is 0 Å². The van der Waals surface area contributed by atoms with E-state index in [1.54, 1.807) is 0 Å². The van der Waals surface area contributed by atoms with Crippen LogP contribution in [-0.4, -0.2) is 25.0 Å². The first-order valence-corrected chi connectivity index (χ1v) is 13.1. The number of hydrogen-bond acceptors (Lipinski definition) is 1. The highest BCUT2D eigenvalue weighted by atomic mass is 15.1. The van der Waals surface area contributed by atoms with Crippen molar-refractivity contribution in [1.29, 1.82) is 0 Å². The molecule has 0 saturated heterocycles. The van der Waals surface area contributed by atoms with Crippen molar-refractivity contribution >= 4 is 0 Å². The van der Waals surface area contributed by atoms with Gasteiger partial charge >= 0.3 is 0 Å². The van der Waals surface area contributed by atoms with E-state index >= 15 is 0 Å². The molecule has 4 unspecified atom stereocenters. The maximum absolute atomic E-state index is 2.49. The summed E-state index contributed by atoms with van der Waals surface area (Å²) >= 11 is 0. The average Bonchev–Trinajstić information content (AvgIpc) is 2.70. The predicted octanol–water partition coefficient (Wildman–Crippen LogP) is 8.96. The van der Waals surface area contributed by atoms with Crippen molar-refractivity contribution < 1.29 is 0 Å². The molecule has 0 N–H and O–H groups in total. The summed E-state index contributed by atoms with van der Waals surface area (Å²) < 4.78 is 0. The van der Waals surface area contributed by atoms with Crippen LogP contribution >= 0.6 is 0 Å². The van der Waals surface area contributed by atoms with Crippen LogP contribution in [0.4, 0.5) is 0 Å². The standard InChI is InChI=1S/C27H57N/c1-8-11-18-25(5)26(6)21-20-24(4)17-14-12-13-15-19-27(16-9-2)22-23-28(7)10-3/h24-27H,8-23H2,1-7H3. The minimum Gasteiger partial charge on any atom is -0.307 e. The number of unbranched alkanes of at least 4 members (excludes halogenated alkanes) is 4. The Morgan fingerprint density at radius 1 is 0.571 bits per heavy atom. The molecule has 0 saturated carbocycles. The van der Waals surface area contributed by atoms with Crippen molar-refractivity contribution in [2.75, 3.05) is 20.1 Å². The van der Waals surface area contributed by atoms with E-state index in [1.165, 1.54) is 103 Å². The van der Waals surface area contributed by atoms with Gasteiger partial charge in [-0.25, -0.2) is 0 Å². The SMILES string of the molecule is CCCCC(C)C(C)CCC(C)CCCCCCC(CCC)CCN(C)CC. The maximum Gasteiger partial charge on any atom is -0.00193 e. The van der Waals surface area contributed by atoms with Crippen LogP contribution in [0.5, 0.6) is 0 Å². The minimum absolute atomic E-state index is 0.913. The molecule has 0 aliphatic rings. The quantitative estimate of drug-likeness (QED) is 0.186. The molecule has 0 spiro atoms. The van der Waals surface area contributed by atoms with Gasteiger partial charge in [-0.1, -0.05) is 125 Å². The van der Waals surface area contributed by atoms with Gasteiger partial charge in [-0.15, -0.1) is 0 Å². The first kappa shape index (κ1) is 28.0. The molecule has 0 aromatic heterocycles. The second-order valence-electron chi connectivity index (χ2n) is 10.1. The smallest absolute Gasteiger partial charge is 0.00193 e. The Kier molecular flexibility index (Phi) is 18.9. The third kappa shape index (κ3) is 15.8. The van der Waals surface area contributed by atoms with Gasteiger partial charge in [0, 0.05) is 0 Å². The summed E-state index contributed by atoms with van der Waals surface area (Å²) in [5.41, 5.74) is 0. The first-order chi connectivity index (χ1) is 13.4. The lowest BCUT2D eigenvalue weighted by atomic mass is 9.85. The Morgan fingerprint density at radius 2 is 1.21 bits per heavy atom. The van der Waals surface area contributed by atoms with Crippen LogP contribution in [0.25, 0.3) is 0 Å². The molecule has 0 fully saturated rings. The zero-order chi connectivity index (χ0) is 21.2. The zero-order valence-electron chi connectivity index (χ0n) is 21.1. The Morgan fingerprint density at radius 3 is 1.82 bits per heavy atom. The molecule has 0 aliphatic carbocycles. The van der Waals surface area contributed by atoms with Gasteiger partial charge in [0.2, 0.25) is 0 Å². The van der Waals surface area contributed by atoms with Crippen LogP contribution in [0.2, 0.25) is 0 Å². The molecule has 0 rings (SSSR count). The summed E-state index contributed by atoms with van der Waals surface area (Å²) in [6.07, 6.45) is 20.0. The van der Waals surface area contributed by atoms with Gasteiger partial charge in [-0.3, -0.25) is 0 Å². The van der Waals surface area contributed by atoms with E-state index in [-0.39, 0.29) is 0 Å². The van der Waals surface area contributed by atoms with Crippen LogP contribution in [0, 0.1) is 23.7 Å². The lowest BCUT2D eigenvalue weighted by Crippen LogP contribution is -2.21. The molecule has 0 radical (unpaired) electrons. The number of nitrogens with zero attached hydrogens (tertiary/aromatic N) is 1. The van der Waals surface area contributed by atoms with Crippen molar-refractivity contribution in [3.8, 4) is 0 Å². The molecule has 4 atom stereocenters. The van der Waals surface area contributed by atoms with Gasteiger partial charge < -0.3 is 4.90 Å². The fourth-order valence-electron chi connectivity index (χ4n) is 4.47. The van der Waals surface area contributed by atoms with Crippen molar-refractivity contribution in [3.05, 3.63) is 0 Å². The van der Waals surface area contributed by atoms with Crippen molar-refractivity contribution in [3.63, 3.8) is 0 Å². The molecule has 170 valence electrons. The molecule has 0 aromatic rings. The van der Waals surface area contributed by atoms with Crippen LogP contribution in [-0.2, 0) is 0 Å². The lowest BCUT2D eigenvalue weighted by molar-refractivity contribution is 0.291. The highest BCUT2D eigenvalue weighted by Crippen LogP contribution is 2.26. The highest BCUT2D eigenvalue weighted by molar-refractivity contribution is 4.65. The summed E-state index contributed by atoms with van der Waals surface area (Å²) in [4.78, 5) is 2.47. The molecule has 1 nitrogen and oxygen atoms in total. The largest absolute Gasteiger partial charge is 0.307 e. The van der Waals surface area contributed by atoms with Crippen LogP contribution in [0.1, 0.15) is 131 Å². The van der Waals surface area contributed by atoms with E-state index in [0.717, 1.165) is 23.7 Å². The Hall–Kier alpha value is -0.0400. The van der Waals surface area contributed by atoms with Gasteiger partial charge in [-0.05, 0) is 50.2 Å². The fraction of sp³-hybridized carbons (Fsp3) is 1.00. The molecule has 28 heavy (non-hydrogen) atoms.